The lowest BCUT2D eigenvalue weighted by Crippen LogP contribution is -2.39. The van der Waals surface area contributed by atoms with Crippen LogP contribution in [0.25, 0.3) is 0 Å². The van der Waals surface area contributed by atoms with Crippen molar-refractivity contribution in [3.63, 3.8) is 0 Å². The molecule has 2 aromatic rings. The van der Waals surface area contributed by atoms with E-state index in [1.54, 1.807) is 16.9 Å². The summed E-state index contributed by atoms with van der Waals surface area (Å²) in [5.41, 5.74) is 1.77. The van der Waals surface area contributed by atoms with Gasteiger partial charge in [-0.3, -0.25) is 9.69 Å². The summed E-state index contributed by atoms with van der Waals surface area (Å²) in [6.45, 7) is 4.05. The van der Waals surface area contributed by atoms with Gasteiger partial charge in [0.1, 0.15) is 18.0 Å². The first-order chi connectivity index (χ1) is 13.6. The molecule has 0 bridgehead atoms. The average Bonchev–Trinajstić information content (AvgIpc) is 3.08. The Hall–Kier alpha value is -3.22. The highest BCUT2D eigenvalue weighted by Gasteiger charge is 2.30. The van der Waals surface area contributed by atoms with Gasteiger partial charge in [0.05, 0.1) is 13.7 Å². The summed E-state index contributed by atoms with van der Waals surface area (Å²) in [6, 6.07) is 14.7. The van der Waals surface area contributed by atoms with Crippen LogP contribution in [0.2, 0.25) is 0 Å². The summed E-state index contributed by atoms with van der Waals surface area (Å²) in [6.07, 6.45) is 0. The number of urea groups is 1. The number of anilines is 1. The van der Waals surface area contributed by atoms with Crippen LogP contribution in [-0.2, 0) is 11.3 Å². The summed E-state index contributed by atoms with van der Waals surface area (Å²) in [5, 5.41) is 2.85. The summed E-state index contributed by atoms with van der Waals surface area (Å²) in [7, 11) is 1.61. The molecule has 28 heavy (non-hydrogen) atoms. The van der Waals surface area contributed by atoms with E-state index in [0.29, 0.717) is 26.2 Å². The predicted octanol–water partition coefficient (Wildman–Crippen LogP) is 2.65. The first-order valence-electron chi connectivity index (χ1n) is 9.29. The third kappa shape index (κ3) is 4.73. The van der Waals surface area contributed by atoms with Crippen molar-refractivity contribution < 1.29 is 19.1 Å². The molecule has 0 spiro atoms. The van der Waals surface area contributed by atoms with Crippen molar-refractivity contribution in [3.8, 4) is 11.5 Å². The molecule has 1 N–H and O–H groups in total. The van der Waals surface area contributed by atoms with E-state index in [1.807, 2.05) is 55.5 Å². The van der Waals surface area contributed by atoms with Crippen molar-refractivity contribution in [2.75, 3.05) is 38.3 Å². The maximum absolute atomic E-state index is 12.6. The molecule has 0 unspecified atom stereocenters. The van der Waals surface area contributed by atoms with E-state index in [9.17, 15) is 9.59 Å². The van der Waals surface area contributed by atoms with Crippen LogP contribution in [0.4, 0.5) is 10.5 Å². The fourth-order valence-corrected chi connectivity index (χ4v) is 3.03. The van der Waals surface area contributed by atoms with Crippen LogP contribution in [-0.4, -0.2) is 50.2 Å². The Morgan fingerprint density at radius 3 is 2.36 bits per heavy atom. The van der Waals surface area contributed by atoms with Crippen LogP contribution in [0.1, 0.15) is 12.5 Å². The molecule has 0 atom stereocenters. The Balaban J connectivity index is 1.50. The fraction of sp³-hybridized carbons (Fsp3) is 0.333. The number of ether oxygens (including phenoxy) is 2. The monoisotopic (exact) mass is 383 g/mol. The SMILES string of the molecule is CCOc1ccc(N2CCN(CC(=O)NCc3ccc(OC)cc3)C2=O)cc1. The maximum Gasteiger partial charge on any atom is 0.325 e. The van der Waals surface area contributed by atoms with Crippen molar-refractivity contribution in [1.82, 2.24) is 10.2 Å². The van der Waals surface area contributed by atoms with Gasteiger partial charge in [-0.1, -0.05) is 12.1 Å². The van der Waals surface area contributed by atoms with Crippen LogP contribution in [0, 0.1) is 0 Å². The molecule has 7 nitrogen and oxygen atoms in total. The number of methoxy groups -OCH3 is 1. The molecule has 1 aliphatic rings. The normalized spacial score (nSPS) is 13.6. The van der Waals surface area contributed by atoms with Crippen molar-refractivity contribution in [3.05, 3.63) is 54.1 Å². The highest BCUT2D eigenvalue weighted by Crippen LogP contribution is 2.23. The number of hydrogen-bond donors (Lipinski definition) is 1. The number of benzene rings is 2. The van der Waals surface area contributed by atoms with Gasteiger partial charge in [0.2, 0.25) is 5.91 Å². The first kappa shape index (κ1) is 19.5. The van der Waals surface area contributed by atoms with E-state index in [0.717, 1.165) is 22.7 Å². The molecule has 1 aliphatic heterocycles. The average molecular weight is 383 g/mol. The van der Waals surface area contributed by atoms with Crippen molar-refractivity contribution in [1.29, 1.82) is 0 Å². The number of amides is 3. The van der Waals surface area contributed by atoms with Crippen LogP contribution < -0.4 is 19.7 Å². The largest absolute Gasteiger partial charge is 0.497 e. The zero-order chi connectivity index (χ0) is 19.9. The Bertz CT molecular complexity index is 805. The number of carbonyl (C=O) groups excluding carboxylic acids is 2. The zero-order valence-electron chi connectivity index (χ0n) is 16.2. The second-order valence-electron chi connectivity index (χ2n) is 6.41. The van der Waals surface area contributed by atoms with E-state index in [1.165, 1.54) is 0 Å². The summed E-state index contributed by atoms with van der Waals surface area (Å²) in [5.74, 6) is 1.36. The van der Waals surface area contributed by atoms with Crippen molar-refractivity contribution >= 4 is 17.6 Å². The molecule has 1 saturated heterocycles. The molecule has 0 saturated carbocycles. The van der Waals surface area contributed by atoms with Gasteiger partial charge in [-0.25, -0.2) is 4.79 Å². The minimum Gasteiger partial charge on any atom is -0.497 e. The number of hydrogen-bond acceptors (Lipinski definition) is 4. The molecule has 3 rings (SSSR count). The molecule has 7 heteroatoms. The van der Waals surface area contributed by atoms with Gasteiger partial charge in [-0.2, -0.15) is 0 Å². The number of nitrogens with zero attached hydrogens (tertiary/aromatic N) is 2. The second-order valence-corrected chi connectivity index (χ2v) is 6.41. The van der Waals surface area contributed by atoms with Gasteiger partial charge >= 0.3 is 6.03 Å². The van der Waals surface area contributed by atoms with Gasteiger partial charge in [0, 0.05) is 25.3 Å². The lowest BCUT2D eigenvalue weighted by atomic mass is 10.2. The lowest BCUT2D eigenvalue weighted by Gasteiger charge is -2.18. The van der Waals surface area contributed by atoms with Gasteiger partial charge in [0.15, 0.2) is 0 Å². The Morgan fingerprint density at radius 1 is 1.04 bits per heavy atom. The Morgan fingerprint density at radius 2 is 1.71 bits per heavy atom. The summed E-state index contributed by atoms with van der Waals surface area (Å²) < 4.78 is 10.5. The highest BCUT2D eigenvalue weighted by molar-refractivity contribution is 5.96. The van der Waals surface area contributed by atoms with Gasteiger partial charge < -0.3 is 19.7 Å². The van der Waals surface area contributed by atoms with E-state index in [-0.39, 0.29) is 18.5 Å². The Kier molecular flexibility index (Phi) is 6.37. The van der Waals surface area contributed by atoms with Gasteiger partial charge in [0.25, 0.3) is 0 Å². The number of nitrogens with one attached hydrogen (secondary N) is 1. The van der Waals surface area contributed by atoms with Crippen LogP contribution in [0.3, 0.4) is 0 Å². The van der Waals surface area contributed by atoms with Crippen LogP contribution >= 0.6 is 0 Å². The molecule has 148 valence electrons. The molecular weight excluding hydrogens is 358 g/mol. The zero-order valence-corrected chi connectivity index (χ0v) is 16.2. The molecule has 2 aromatic carbocycles. The van der Waals surface area contributed by atoms with E-state index >= 15 is 0 Å². The van der Waals surface area contributed by atoms with Gasteiger partial charge in [-0.15, -0.1) is 0 Å². The van der Waals surface area contributed by atoms with Gasteiger partial charge in [-0.05, 0) is 48.9 Å². The standard InChI is InChI=1S/C21H25N3O4/c1-3-28-19-10-6-17(7-11-19)24-13-12-23(21(24)26)15-20(25)22-14-16-4-8-18(27-2)9-5-16/h4-11H,3,12-15H2,1-2H3,(H,22,25). The second kappa shape index (κ2) is 9.12. The van der Waals surface area contributed by atoms with E-state index in [2.05, 4.69) is 5.32 Å². The van der Waals surface area contributed by atoms with Crippen molar-refractivity contribution in [2.24, 2.45) is 0 Å². The number of carbonyl (C=O) groups is 2. The van der Waals surface area contributed by atoms with Crippen LogP contribution in [0.5, 0.6) is 11.5 Å². The Labute approximate surface area is 164 Å². The number of rotatable bonds is 8. The minimum atomic E-state index is -0.183. The third-order valence-corrected chi connectivity index (χ3v) is 4.54. The molecule has 1 heterocycles. The smallest absolute Gasteiger partial charge is 0.325 e. The fourth-order valence-electron chi connectivity index (χ4n) is 3.03. The lowest BCUT2D eigenvalue weighted by molar-refractivity contribution is -0.121. The minimum absolute atomic E-state index is 0.0442. The molecule has 0 aliphatic carbocycles. The van der Waals surface area contributed by atoms with E-state index < -0.39 is 0 Å². The first-order valence-corrected chi connectivity index (χ1v) is 9.29. The summed E-state index contributed by atoms with van der Waals surface area (Å²) in [4.78, 5) is 28.1. The summed E-state index contributed by atoms with van der Waals surface area (Å²) >= 11 is 0. The third-order valence-electron chi connectivity index (χ3n) is 4.54. The molecule has 0 aromatic heterocycles. The quantitative estimate of drug-likeness (QED) is 0.761. The molecule has 3 amide bonds. The van der Waals surface area contributed by atoms with Crippen molar-refractivity contribution in [2.45, 2.75) is 13.5 Å². The topological polar surface area (TPSA) is 71.1 Å². The van der Waals surface area contributed by atoms with Crippen LogP contribution in [0.15, 0.2) is 48.5 Å². The molecule has 1 fully saturated rings. The predicted molar refractivity (Wildman–Crippen MR) is 107 cm³/mol. The highest BCUT2D eigenvalue weighted by atomic mass is 16.5. The molecule has 0 radical (unpaired) electrons. The molecular formula is C21H25N3O4. The van der Waals surface area contributed by atoms with E-state index in [4.69, 9.17) is 9.47 Å². The maximum atomic E-state index is 12.6.